The molecule has 3 amide bonds. The highest BCUT2D eigenvalue weighted by Gasteiger charge is 2.12. The number of amides is 3. The van der Waals surface area contributed by atoms with E-state index < -0.39 is 23.6 Å². The standard InChI is InChI=1S/C26H19F3N4O3/c27-17-3-1-16(2-4-17)13-25(34)33-26(35)32-20-9-10-23(22(29)14-20)36-21-11-12-30-24(15-21)31-19-7-5-18(28)6-8-19/h1-12,14-15H,13H2,(H,30,31)(H2,32,33,34,35). The molecule has 0 radical (unpaired) electrons. The molecule has 7 nitrogen and oxygen atoms in total. The van der Waals surface area contributed by atoms with Gasteiger partial charge in [0.05, 0.1) is 6.42 Å². The number of ether oxygens (including phenoxy) is 1. The van der Waals surface area contributed by atoms with Gasteiger partial charge in [0.25, 0.3) is 0 Å². The Morgan fingerprint density at radius 2 is 1.47 bits per heavy atom. The third kappa shape index (κ3) is 6.83. The van der Waals surface area contributed by atoms with E-state index in [1.807, 2.05) is 0 Å². The Morgan fingerprint density at radius 1 is 0.806 bits per heavy atom. The molecular weight excluding hydrogens is 473 g/mol. The lowest BCUT2D eigenvalue weighted by molar-refractivity contribution is -0.119. The first-order valence-corrected chi connectivity index (χ1v) is 10.7. The molecule has 3 N–H and O–H groups in total. The van der Waals surface area contributed by atoms with E-state index in [-0.39, 0.29) is 23.7 Å². The highest BCUT2D eigenvalue weighted by molar-refractivity contribution is 6.01. The molecule has 0 aliphatic carbocycles. The molecule has 0 atom stereocenters. The Bertz CT molecular complexity index is 1380. The van der Waals surface area contributed by atoms with Gasteiger partial charge in [0.2, 0.25) is 5.91 Å². The number of nitrogens with zero attached hydrogens (tertiary/aromatic N) is 1. The lowest BCUT2D eigenvalue weighted by atomic mass is 10.1. The monoisotopic (exact) mass is 492 g/mol. The van der Waals surface area contributed by atoms with Crippen LogP contribution in [0, 0.1) is 17.5 Å². The second-order valence-corrected chi connectivity index (χ2v) is 7.56. The molecule has 0 saturated heterocycles. The number of carbonyl (C=O) groups excluding carboxylic acids is 2. The maximum Gasteiger partial charge on any atom is 0.325 e. The zero-order valence-electron chi connectivity index (χ0n) is 18.6. The minimum Gasteiger partial charge on any atom is -0.454 e. The first kappa shape index (κ1) is 24.3. The van der Waals surface area contributed by atoms with Gasteiger partial charge in [0.1, 0.15) is 23.2 Å². The topological polar surface area (TPSA) is 92.4 Å². The molecule has 0 aliphatic heterocycles. The molecule has 0 saturated carbocycles. The van der Waals surface area contributed by atoms with Crippen LogP contribution in [0.1, 0.15) is 5.56 Å². The Labute approximate surface area is 203 Å². The smallest absolute Gasteiger partial charge is 0.325 e. The summed E-state index contributed by atoms with van der Waals surface area (Å²) in [5.41, 5.74) is 1.23. The van der Waals surface area contributed by atoms with Crippen molar-refractivity contribution >= 4 is 29.1 Å². The number of imide groups is 1. The SMILES string of the molecule is O=C(Cc1ccc(F)cc1)NC(=O)Nc1ccc(Oc2ccnc(Nc3ccc(F)cc3)c2)c(F)c1. The van der Waals surface area contributed by atoms with E-state index in [2.05, 4.69) is 20.9 Å². The number of urea groups is 1. The number of aromatic nitrogens is 1. The van der Waals surface area contributed by atoms with Crippen molar-refractivity contribution in [3.63, 3.8) is 0 Å². The van der Waals surface area contributed by atoms with Crippen molar-refractivity contribution in [3.8, 4) is 11.5 Å². The molecule has 182 valence electrons. The molecule has 4 rings (SSSR count). The lowest BCUT2D eigenvalue weighted by Crippen LogP contribution is -2.35. The average molecular weight is 492 g/mol. The van der Waals surface area contributed by atoms with Crippen LogP contribution in [0.4, 0.5) is 35.2 Å². The Morgan fingerprint density at radius 3 is 2.17 bits per heavy atom. The predicted octanol–water partition coefficient (Wildman–Crippen LogP) is 5.93. The molecule has 4 aromatic rings. The van der Waals surface area contributed by atoms with E-state index in [9.17, 15) is 22.8 Å². The van der Waals surface area contributed by atoms with Crippen LogP contribution < -0.4 is 20.7 Å². The molecule has 1 heterocycles. The molecule has 36 heavy (non-hydrogen) atoms. The van der Waals surface area contributed by atoms with Crippen LogP contribution >= 0.6 is 0 Å². The molecule has 0 bridgehead atoms. The summed E-state index contributed by atoms with van der Waals surface area (Å²) in [5, 5.41) is 7.48. The third-order valence-electron chi connectivity index (χ3n) is 4.80. The fourth-order valence-electron chi connectivity index (χ4n) is 3.13. The van der Waals surface area contributed by atoms with Crippen LogP contribution in [-0.4, -0.2) is 16.9 Å². The summed E-state index contributed by atoms with van der Waals surface area (Å²) in [6.45, 7) is 0. The fourth-order valence-corrected chi connectivity index (χ4v) is 3.13. The summed E-state index contributed by atoms with van der Waals surface area (Å²) in [6, 6.07) is 17.0. The Balaban J connectivity index is 1.33. The van der Waals surface area contributed by atoms with Crippen LogP contribution in [0.25, 0.3) is 0 Å². The zero-order chi connectivity index (χ0) is 25.5. The van der Waals surface area contributed by atoms with Gasteiger partial charge in [0, 0.05) is 29.7 Å². The fraction of sp³-hybridized carbons (Fsp3) is 0.0385. The normalized spacial score (nSPS) is 10.4. The van der Waals surface area contributed by atoms with E-state index in [1.165, 1.54) is 66.9 Å². The summed E-state index contributed by atoms with van der Waals surface area (Å²) >= 11 is 0. The van der Waals surface area contributed by atoms with E-state index in [0.717, 1.165) is 6.07 Å². The van der Waals surface area contributed by atoms with Crippen molar-refractivity contribution in [2.24, 2.45) is 0 Å². The largest absolute Gasteiger partial charge is 0.454 e. The molecule has 0 fully saturated rings. The second kappa shape index (κ2) is 11.0. The number of hydrogen-bond donors (Lipinski definition) is 3. The maximum atomic E-state index is 14.6. The number of nitrogens with one attached hydrogen (secondary N) is 3. The van der Waals surface area contributed by atoms with Gasteiger partial charge in [-0.05, 0) is 60.2 Å². The second-order valence-electron chi connectivity index (χ2n) is 7.56. The number of benzene rings is 3. The van der Waals surface area contributed by atoms with Crippen LogP contribution in [0.3, 0.4) is 0 Å². The van der Waals surface area contributed by atoms with Crippen LogP contribution in [0.5, 0.6) is 11.5 Å². The number of rotatable bonds is 7. The Kier molecular flexibility index (Phi) is 7.45. The highest BCUT2D eigenvalue weighted by Crippen LogP contribution is 2.28. The summed E-state index contributed by atoms with van der Waals surface area (Å²) in [7, 11) is 0. The molecule has 3 aromatic carbocycles. The van der Waals surface area contributed by atoms with Crippen molar-refractivity contribution in [1.82, 2.24) is 10.3 Å². The average Bonchev–Trinajstić information content (AvgIpc) is 2.84. The first-order chi connectivity index (χ1) is 17.3. The quantitative estimate of drug-likeness (QED) is 0.298. The maximum absolute atomic E-state index is 14.6. The number of hydrogen-bond acceptors (Lipinski definition) is 5. The van der Waals surface area contributed by atoms with Gasteiger partial charge in [-0.1, -0.05) is 12.1 Å². The van der Waals surface area contributed by atoms with Gasteiger partial charge >= 0.3 is 6.03 Å². The summed E-state index contributed by atoms with van der Waals surface area (Å²) in [6.07, 6.45) is 1.33. The van der Waals surface area contributed by atoms with E-state index in [0.29, 0.717) is 22.8 Å². The molecule has 0 unspecified atom stereocenters. The van der Waals surface area contributed by atoms with Gasteiger partial charge in [-0.2, -0.15) is 0 Å². The van der Waals surface area contributed by atoms with Gasteiger partial charge < -0.3 is 15.4 Å². The summed E-state index contributed by atoms with van der Waals surface area (Å²) < 4.78 is 46.2. The minimum atomic E-state index is -0.846. The van der Waals surface area contributed by atoms with Crippen LogP contribution in [0.15, 0.2) is 85.1 Å². The molecule has 0 aliphatic rings. The molecule has 10 heteroatoms. The first-order valence-electron chi connectivity index (χ1n) is 10.7. The predicted molar refractivity (Wildman–Crippen MR) is 128 cm³/mol. The number of anilines is 3. The molecule has 1 aromatic heterocycles. The summed E-state index contributed by atoms with van der Waals surface area (Å²) in [4.78, 5) is 28.2. The van der Waals surface area contributed by atoms with E-state index in [1.54, 1.807) is 12.1 Å². The van der Waals surface area contributed by atoms with Crippen LogP contribution in [0.2, 0.25) is 0 Å². The van der Waals surface area contributed by atoms with Gasteiger partial charge in [0.15, 0.2) is 11.6 Å². The van der Waals surface area contributed by atoms with E-state index in [4.69, 9.17) is 4.74 Å². The van der Waals surface area contributed by atoms with Crippen molar-refractivity contribution < 1.29 is 27.5 Å². The van der Waals surface area contributed by atoms with Gasteiger partial charge in [-0.25, -0.2) is 22.9 Å². The molecular formula is C26H19F3N4O3. The highest BCUT2D eigenvalue weighted by atomic mass is 19.1. The number of halogens is 3. The van der Waals surface area contributed by atoms with Gasteiger partial charge in [-0.3, -0.25) is 10.1 Å². The van der Waals surface area contributed by atoms with Crippen LogP contribution in [-0.2, 0) is 11.2 Å². The lowest BCUT2D eigenvalue weighted by Gasteiger charge is -2.11. The van der Waals surface area contributed by atoms with Crippen molar-refractivity contribution in [2.75, 3.05) is 10.6 Å². The minimum absolute atomic E-state index is 0.0975. The van der Waals surface area contributed by atoms with E-state index >= 15 is 0 Å². The molecule has 0 spiro atoms. The Hall–Kier alpha value is -4.86. The summed E-state index contributed by atoms with van der Waals surface area (Å²) in [5.74, 6) is -1.58. The number of pyridine rings is 1. The van der Waals surface area contributed by atoms with Crippen molar-refractivity contribution in [1.29, 1.82) is 0 Å². The van der Waals surface area contributed by atoms with Crippen molar-refractivity contribution in [3.05, 3.63) is 108 Å². The van der Waals surface area contributed by atoms with Gasteiger partial charge in [-0.15, -0.1) is 0 Å². The van der Waals surface area contributed by atoms with Crippen molar-refractivity contribution in [2.45, 2.75) is 6.42 Å². The third-order valence-corrected chi connectivity index (χ3v) is 4.80. The zero-order valence-corrected chi connectivity index (χ0v) is 18.6. The number of carbonyl (C=O) groups is 2.